The van der Waals surface area contributed by atoms with Gasteiger partial charge in [-0.05, 0) is 12.8 Å². The molecule has 1 rings (SSSR count). The Morgan fingerprint density at radius 1 is 1.54 bits per heavy atom. The molecule has 2 N–H and O–H groups in total. The lowest BCUT2D eigenvalue weighted by Gasteiger charge is -2.34. The summed E-state index contributed by atoms with van der Waals surface area (Å²) >= 11 is 0. The van der Waals surface area contributed by atoms with Crippen LogP contribution in [0, 0.1) is 0 Å². The second-order valence-corrected chi connectivity index (χ2v) is 5.06. The van der Waals surface area contributed by atoms with Gasteiger partial charge >= 0.3 is 0 Å². The number of ether oxygens (including phenoxy) is 1. The number of methoxy groups -OCH3 is 1. The van der Waals surface area contributed by atoms with E-state index in [0.29, 0.717) is 0 Å². The Labute approximate surface area is 78.1 Å². The average molecular weight is 209 g/mol. The smallest absolute Gasteiger partial charge is 0.214 e. The molecule has 0 amide bonds. The Morgan fingerprint density at radius 3 is 2.62 bits per heavy atom. The Bertz CT molecular complexity index is 245. The Balaban J connectivity index is 2.27. The maximum Gasteiger partial charge on any atom is 0.214 e. The topological polar surface area (TPSA) is 75.6 Å². The number of aliphatic hydroxyl groups is 1. The molecule has 0 aromatic carbocycles. The van der Waals surface area contributed by atoms with Crippen molar-refractivity contribution in [2.24, 2.45) is 0 Å². The van der Waals surface area contributed by atoms with E-state index in [0.717, 1.165) is 12.8 Å². The number of hydrogen-bond acceptors (Lipinski definition) is 4. The molecule has 6 heteroatoms. The second kappa shape index (κ2) is 4.36. The molecule has 0 radical (unpaired) electrons. The van der Waals surface area contributed by atoms with Crippen LogP contribution in [0.3, 0.4) is 0 Å². The van der Waals surface area contributed by atoms with E-state index in [1.807, 2.05) is 0 Å². The van der Waals surface area contributed by atoms with Gasteiger partial charge in [-0.15, -0.1) is 0 Å². The van der Waals surface area contributed by atoms with E-state index in [2.05, 4.69) is 4.72 Å². The average Bonchev–Trinajstić information content (AvgIpc) is 1.95. The van der Waals surface area contributed by atoms with Gasteiger partial charge in [0, 0.05) is 13.2 Å². The molecule has 0 heterocycles. The summed E-state index contributed by atoms with van der Waals surface area (Å²) in [7, 11) is -1.66. The first-order chi connectivity index (χ1) is 6.07. The van der Waals surface area contributed by atoms with Crippen molar-refractivity contribution in [2.75, 3.05) is 19.5 Å². The summed E-state index contributed by atoms with van der Waals surface area (Å²) in [5.74, 6) is -0.221. The van der Waals surface area contributed by atoms with Gasteiger partial charge in [0.05, 0.1) is 18.5 Å². The minimum atomic E-state index is -3.28. The standard InChI is InChI=1S/C7H15NO4S/c1-12-7-4-6(5-7)8-13(10,11)3-2-9/h6-9H,2-5H2,1H3. The number of rotatable bonds is 5. The first-order valence-electron chi connectivity index (χ1n) is 4.21. The van der Waals surface area contributed by atoms with E-state index in [1.165, 1.54) is 0 Å². The second-order valence-electron chi connectivity index (χ2n) is 3.19. The quantitative estimate of drug-likeness (QED) is 0.614. The van der Waals surface area contributed by atoms with Gasteiger partial charge in [-0.25, -0.2) is 13.1 Å². The van der Waals surface area contributed by atoms with Gasteiger partial charge < -0.3 is 9.84 Å². The molecule has 1 aliphatic carbocycles. The number of hydrogen-bond donors (Lipinski definition) is 2. The van der Waals surface area contributed by atoms with Gasteiger partial charge in [-0.3, -0.25) is 0 Å². The van der Waals surface area contributed by atoms with E-state index in [9.17, 15) is 8.42 Å². The van der Waals surface area contributed by atoms with Gasteiger partial charge in [0.15, 0.2) is 0 Å². The van der Waals surface area contributed by atoms with Crippen molar-refractivity contribution in [2.45, 2.75) is 25.0 Å². The van der Waals surface area contributed by atoms with Crippen LogP contribution in [0.2, 0.25) is 0 Å². The first kappa shape index (κ1) is 10.9. The highest BCUT2D eigenvalue weighted by molar-refractivity contribution is 7.89. The van der Waals surface area contributed by atoms with Crippen molar-refractivity contribution in [1.29, 1.82) is 0 Å². The third-order valence-electron chi connectivity index (χ3n) is 2.13. The summed E-state index contributed by atoms with van der Waals surface area (Å²) in [5.41, 5.74) is 0. The van der Waals surface area contributed by atoms with E-state index in [-0.39, 0.29) is 24.5 Å². The summed E-state index contributed by atoms with van der Waals surface area (Å²) in [6, 6.07) is -0.0125. The molecule has 0 atom stereocenters. The molecular weight excluding hydrogens is 194 g/mol. The molecule has 0 aliphatic heterocycles. The fourth-order valence-electron chi connectivity index (χ4n) is 1.29. The molecule has 0 saturated heterocycles. The summed E-state index contributed by atoms with van der Waals surface area (Å²) in [6.07, 6.45) is 1.63. The maximum absolute atomic E-state index is 11.1. The van der Waals surface area contributed by atoms with Crippen LogP contribution in [0.25, 0.3) is 0 Å². The van der Waals surface area contributed by atoms with Crippen LogP contribution >= 0.6 is 0 Å². The molecule has 1 fully saturated rings. The summed E-state index contributed by atoms with van der Waals surface area (Å²) in [4.78, 5) is 0. The van der Waals surface area contributed by atoms with Gasteiger partial charge in [0.25, 0.3) is 0 Å². The maximum atomic E-state index is 11.1. The lowest BCUT2D eigenvalue weighted by molar-refractivity contribution is 0.0236. The van der Waals surface area contributed by atoms with Crippen molar-refractivity contribution < 1.29 is 18.3 Å². The molecule has 0 unspecified atom stereocenters. The van der Waals surface area contributed by atoms with Crippen LogP contribution in [0.4, 0.5) is 0 Å². The molecule has 0 bridgehead atoms. The minimum Gasteiger partial charge on any atom is -0.395 e. The first-order valence-corrected chi connectivity index (χ1v) is 5.86. The van der Waals surface area contributed by atoms with E-state index >= 15 is 0 Å². The molecule has 1 saturated carbocycles. The number of nitrogens with one attached hydrogen (secondary N) is 1. The van der Waals surface area contributed by atoms with Crippen LogP contribution in [-0.4, -0.2) is 45.1 Å². The molecular formula is C7H15NO4S. The Kier molecular flexibility index (Phi) is 3.66. The van der Waals surface area contributed by atoms with Crippen molar-refractivity contribution in [3.63, 3.8) is 0 Å². The van der Waals surface area contributed by atoms with Crippen molar-refractivity contribution >= 4 is 10.0 Å². The number of aliphatic hydroxyl groups excluding tert-OH is 1. The summed E-state index contributed by atoms with van der Waals surface area (Å²) in [6.45, 7) is -0.338. The van der Waals surface area contributed by atoms with Crippen LogP contribution in [-0.2, 0) is 14.8 Å². The van der Waals surface area contributed by atoms with Crippen LogP contribution < -0.4 is 4.72 Å². The fourth-order valence-corrected chi connectivity index (χ4v) is 2.35. The molecule has 13 heavy (non-hydrogen) atoms. The monoisotopic (exact) mass is 209 g/mol. The van der Waals surface area contributed by atoms with E-state index < -0.39 is 10.0 Å². The van der Waals surface area contributed by atoms with Crippen LogP contribution in [0.15, 0.2) is 0 Å². The normalized spacial score (nSPS) is 28.5. The Hall–Kier alpha value is -0.170. The number of sulfonamides is 1. The minimum absolute atomic E-state index is 0.0125. The molecule has 0 aromatic rings. The van der Waals surface area contributed by atoms with Crippen molar-refractivity contribution in [3.8, 4) is 0 Å². The van der Waals surface area contributed by atoms with Gasteiger partial charge in [-0.2, -0.15) is 0 Å². The van der Waals surface area contributed by atoms with E-state index in [4.69, 9.17) is 9.84 Å². The lowest BCUT2D eigenvalue weighted by atomic mass is 9.90. The highest BCUT2D eigenvalue weighted by Crippen LogP contribution is 2.22. The van der Waals surface area contributed by atoms with Crippen molar-refractivity contribution in [1.82, 2.24) is 4.72 Å². The SMILES string of the molecule is COC1CC(NS(=O)(=O)CCO)C1. The highest BCUT2D eigenvalue weighted by Gasteiger charge is 2.31. The van der Waals surface area contributed by atoms with Crippen LogP contribution in [0.1, 0.15) is 12.8 Å². The molecule has 5 nitrogen and oxygen atoms in total. The van der Waals surface area contributed by atoms with Gasteiger partial charge in [0.1, 0.15) is 0 Å². The molecule has 0 aromatic heterocycles. The van der Waals surface area contributed by atoms with Gasteiger partial charge in [-0.1, -0.05) is 0 Å². The lowest BCUT2D eigenvalue weighted by Crippen LogP contribution is -2.48. The van der Waals surface area contributed by atoms with Crippen LogP contribution in [0.5, 0.6) is 0 Å². The molecule has 0 spiro atoms. The fraction of sp³-hybridized carbons (Fsp3) is 1.00. The third kappa shape index (κ3) is 3.22. The molecule has 1 aliphatic rings. The zero-order chi connectivity index (χ0) is 9.90. The zero-order valence-electron chi connectivity index (χ0n) is 7.56. The predicted molar refractivity (Wildman–Crippen MR) is 47.8 cm³/mol. The third-order valence-corrected chi connectivity index (χ3v) is 3.55. The predicted octanol–water partition coefficient (Wildman–Crippen LogP) is -0.924. The largest absolute Gasteiger partial charge is 0.395 e. The zero-order valence-corrected chi connectivity index (χ0v) is 8.38. The van der Waals surface area contributed by atoms with E-state index in [1.54, 1.807) is 7.11 Å². The highest BCUT2D eigenvalue weighted by atomic mass is 32.2. The Morgan fingerprint density at radius 2 is 2.15 bits per heavy atom. The van der Waals surface area contributed by atoms with Crippen molar-refractivity contribution in [3.05, 3.63) is 0 Å². The van der Waals surface area contributed by atoms with Gasteiger partial charge in [0.2, 0.25) is 10.0 Å². The summed E-state index contributed by atoms with van der Waals surface area (Å²) in [5, 5.41) is 8.46. The summed E-state index contributed by atoms with van der Waals surface area (Å²) < 4.78 is 29.7. The molecule has 78 valence electrons.